The zero-order valence-corrected chi connectivity index (χ0v) is 15.6. The highest BCUT2D eigenvalue weighted by molar-refractivity contribution is 7.71. The fourth-order valence-electron chi connectivity index (χ4n) is 1.34. The summed E-state index contributed by atoms with van der Waals surface area (Å²) in [7, 11) is 4.74. The van der Waals surface area contributed by atoms with Crippen LogP contribution in [0.15, 0.2) is 0 Å². The minimum Gasteiger partial charge on any atom is -0.256 e. The van der Waals surface area contributed by atoms with Gasteiger partial charge in [0.1, 0.15) is 0 Å². The van der Waals surface area contributed by atoms with Crippen LogP contribution in [0.3, 0.4) is 0 Å². The third-order valence-corrected chi connectivity index (χ3v) is 6.57. The molecule has 0 rings (SSSR count). The molecule has 0 unspecified atom stereocenters. The minimum atomic E-state index is -3.78. The Morgan fingerprint density at radius 3 is 0.905 bits per heavy atom. The van der Waals surface area contributed by atoms with Gasteiger partial charge in [0.25, 0.3) is 0 Å². The largest absolute Gasteiger partial charge is 0.375 e. The maximum atomic E-state index is 12.7. The summed E-state index contributed by atoms with van der Waals surface area (Å²) in [5.74, 6) is -0.549. The highest BCUT2D eigenvalue weighted by Crippen LogP contribution is 2.64. The van der Waals surface area contributed by atoms with E-state index in [4.69, 9.17) is 18.5 Å². The van der Waals surface area contributed by atoms with Crippen molar-refractivity contribution in [3.05, 3.63) is 0 Å². The summed E-state index contributed by atoms with van der Waals surface area (Å²) in [6.07, 6.45) is 0. The van der Waals surface area contributed by atoms with Gasteiger partial charge in [0.15, 0.2) is 5.90 Å². The predicted octanol–water partition coefficient (Wildman–Crippen LogP) is 1.30. The Labute approximate surface area is 126 Å². The topological polar surface area (TPSA) is 84.0 Å². The maximum Gasteiger partial charge on any atom is 0.375 e. The first kappa shape index (κ1) is 21.1. The van der Waals surface area contributed by atoms with Gasteiger partial charge < -0.3 is 0 Å². The molecule has 0 aliphatic rings. The van der Waals surface area contributed by atoms with Crippen LogP contribution in [-0.4, -0.2) is 82.5 Å². The minimum absolute atomic E-state index is 0.549. The lowest BCUT2D eigenvalue weighted by atomic mass is 11.2. The highest BCUT2D eigenvalue weighted by Gasteiger charge is 2.43. The van der Waals surface area contributed by atoms with Gasteiger partial charge in [0.05, 0.1) is 0 Å². The van der Waals surface area contributed by atoms with Crippen LogP contribution in [-0.2, 0) is 27.6 Å². The lowest BCUT2D eigenvalue weighted by Gasteiger charge is -2.28. The monoisotopic (exact) mass is 348 g/mol. The standard InChI is InChI=1S/C9H26N4O6P2/c1-10(2)16-20(14,17-11(3)4)9-21(15,18-12(5)6)19-13(7)8/h9H2,1-8H3. The molecule has 12 heteroatoms. The molecule has 0 aliphatic carbocycles. The Bertz CT molecular complexity index is 340. The van der Waals surface area contributed by atoms with E-state index in [1.54, 1.807) is 0 Å². The Morgan fingerprint density at radius 2 is 0.762 bits per heavy atom. The number of nitrogens with zero attached hydrogens (tertiary/aromatic N) is 4. The molecule has 0 aromatic carbocycles. The summed E-state index contributed by atoms with van der Waals surface area (Å²) in [5, 5.41) is 4.83. The highest BCUT2D eigenvalue weighted by atomic mass is 31.2. The first-order chi connectivity index (χ1) is 9.37. The van der Waals surface area contributed by atoms with Gasteiger partial charge in [-0.3, -0.25) is 9.13 Å². The van der Waals surface area contributed by atoms with E-state index < -0.39 is 21.1 Å². The van der Waals surface area contributed by atoms with Crippen molar-refractivity contribution < 1.29 is 27.6 Å². The van der Waals surface area contributed by atoms with E-state index in [1.165, 1.54) is 76.6 Å². The number of rotatable bonds is 10. The van der Waals surface area contributed by atoms with E-state index in [1.807, 2.05) is 0 Å². The van der Waals surface area contributed by atoms with Gasteiger partial charge in [-0.05, 0) is 0 Å². The molecule has 21 heavy (non-hydrogen) atoms. The molecule has 0 spiro atoms. The second kappa shape index (κ2) is 8.69. The van der Waals surface area contributed by atoms with E-state index >= 15 is 0 Å². The number of hydroxylamine groups is 8. The van der Waals surface area contributed by atoms with E-state index in [0.717, 1.165) is 0 Å². The quantitative estimate of drug-likeness (QED) is 0.425. The first-order valence-corrected chi connectivity index (χ1v) is 9.49. The lowest BCUT2D eigenvalue weighted by Crippen LogP contribution is -2.23. The summed E-state index contributed by atoms with van der Waals surface area (Å²) in [6.45, 7) is 0. The van der Waals surface area contributed by atoms with Gasteiger partial charge >= 0.3 is 15.2 Å². The first-order valence-electron chi connectivity index (χ1n) is 6.04. The van der Waals surface area contributed by atoms with Gasteiger partial charge in [-0.25, -0.2) is 18.5 Å². The average Bonchev–Trinajstić information content (AvgIpc) is 2.07. The molecule has 0 atom stereocenters. The molecule has 0 amide bonds. The van der Waals surface area contributed by atoms with Crippen molar-refractivity contribution in [1.82, 2.24) is 20.3 Å². The Hall–Kier alpha value is 0.140. The molecule has 0 bridgehead atoms. The number of hydrogen-bond donors (Lipinski definition) is 0. The lowest BCUT2D eigenvalue weighted by molar-refractivity contribution is -0.0849. The third-order valence-electron chi connectivity index (χ3n) is 1.50. The van der Waals surface area contributed by atoms with Gasteiger partial charge in [-0.1, -0.05) is 0 Å². The smallest absolute Gasteiger partial charge is 0.256 e. The van der Waals surface area contributed by atoms with Crippen LogP contribution in [0.1, 0.15) is 0 Å². The summed E-state index contributed by atoms with van der Waals surface area (Å²) in [5.41, 5.74) is 0. The second-order valence-electron chi connectivity index (χ2n) is 4.94. The normalized spacial score (nSPS) is 13.9. The molecule has 0 heterocycles. The van der Waals surface area contributed by atoms with E-state index in [0.29, 0.717) is 0 Å². The molecule has 0 aromatic heterocycles. The van der Waals surface area contributed by atoms with Crippen molar-refractivity contribution in [2.45, 2.75) is 0 Å². The Kier molecular flexibility index (Phi) is 8.75. The molecular formula is C9H26N4O6P2. The molecule has 0 saturated heterocycles. The zero-order chi connectivity index (χ0) is 16.8. The van der Waals surface area contributed by atoms with E-state index in [9.17, 15) is 9.13 Å². The van der Waals surface area contributed by atoms with E-state index in [-0.39, 0.29) is 0 Å². The van der Waals surface area contributed by atoms with Crippen LogP contribution < -0.4 is 0 Å². The van der Waals surface area contributed by atoms with Crippen LogP contribution >= 0.6 is 15.2 Å². The van der Waals surface area contributed by atoms with Crippen molar-refractivity contribution in [1.29, 1.82) is 0 Å². The molecule has 0 aromatic rings. The van der Waals surface area contributed by atoms with Crippen LogP contribution in [0, 0.1) is 0 Å². The molecule has 0 radical (unpaired) electrons. The molecule has 10 nitrogen and oxygen atoms in total. The predicted molar refractivity (Wildman–Crippen MR) is 79.2 cm³/mol. The molecule has 0 saturated carbocycles. The van der Waals surface area contributed by atoms with Crippen LogP contribution in [0.25, 0.3) is 0 Å². The molecule has 128 valence electrons. The van der Waals surface area contributed by atoms with Gasteiger partial charge in [0, 0.05) is 56.4 Å². The van der Waals surface area contributed by atoms with Gasteiger partial charge in [-0.2, -0.15) is 20.3 Å². The fraction of sp³-hybridized carbons (Fsp3) is 1.00. The maximum absolute atomic E-state index is 12.7. The SMILES string of the molecule is CN(C)OP(=O)(CP(=O)(ON(C)C)ON(C)C)ON(C)C. The Morgan fingerprint density at radius 1 is 0.571 bits per heavy atom. The molecule has 0 aliphatic heterocycles. The molecular weight excluding hydrogens is 322 g/mol. The summed E-state index contributed by atoms with van der Waals surface area (Å²) >= 11 is 0. The van der Waals surface area contributed by atoms with Gasteiger partial charge in [0.2, 0.25) is 0 Å². The zero-order valence-electron chi connectivity index (χ0n) is 13.8. The third kappa shape index (κ3) is 9.70. The fourth-order valence-corrected chi connectivity index (χ4v) is 5.91. The Balaban J connectivity index is 5.29. The second-order valence-corrected chi connectivity index (χ2v) is 9.17. The van der Waals surface area contributed by atoms with Crippen molar-refractivity contribution in [2.75, 3.05) is 62.3 Å². The molecule has 0 N–H and O–H groups in total. The summed E-state index contributed by atoms with van der Waals surface area (Å²) < 4.78 is 46.1. The summed E-state index contributed by atoms with van der Waals surface area (Å²) in [6, 6.07) is 0. The van der Waals surface area contributed by atoms with E-state index in [2.05, 4.69) is 0 Å². The van der Waals surface area contributed by atoms with Crippen LogP contribution in [0.4, 0.5) is 0 Å². The van der Waals surface area contributed by atoms with Crippen molar-refractivity contribution in [3.63, 3.8) is 0 Å². The van der Waals surface area contributed by atoms with Crippen LogP contribution in [0.5, 0.6) is 0 Å². The number of hydrogen-bond acceptors (Lipinski definition) is 10. The van der Waals surface area contributed by atoms with Crippen molar-refractivity contribution in [3.8, 4) is 0 Å². The summed E-state index contributed by atoms with van der Waals surface area (Å²) in [4.78, 5) is 0. The van der Waals surface area contributed by atoms with Gasteiger partial charge in [-0.15, -0.1) is 0 Å². The van der Waals surface area contributed by atoms with Crippen molar-refractivity contribution >= 4 is 15.2 Å². The average molecular weight is 348 g/mol. The molecule has 0 fully saturated rings. The van der Waals surface area contributed by atoms with Crippen LogP contribution in [0.2, 0.25) is 0 Å². The van der Waals surface area contributed by atoms with Crippen molar-refractivity contribution in [2.24, 2.45) is 0 Å².